The molecule has 0 aromatic heterocycles. The van der Waals surface area contributed by atoms with Crippen molar-refractivity contribution >= 4 is 24.2 Å². The highest BCUT2D eigenvalue weighted by Gasteiger charge is 2.24. The summed E-state index contributed by atoms with van der Waals surface area (Å²) in [4.78, 5) is 24.5. The van der Waals surface area contributed by atoms with Crippen LogP contribution in [-0.2, 0) is 4.79 Å². The standard InChI is InChI=1S/C17H26FN3O2.ClH/c1-5-19-12(4)10-20-17(23)15(11(2)3)21-16(22)13-6-8-14(18)9-7-13;/h6-9,11-12,15,19H,5,10H2,1-4H3,(H,20,23)(H,21,22);1H/t12-,15?;/m1./s1. The Hall–Kier alpha value is -1.66. The molecule has 0 radical (unpaired) electrons. The minimum atomic E-state index is -0.638. The van der Waals surface area contributed by atoms with Crippen LogP contribution in [0.1, 0.15) is 38.1 Å². The van der Waals surface area contributed by atoms with E-state index in [2.05, 4.69) is 16.0 Å². The predicted octanol–water partition coefficient (Wildman–Crippen LogP) is 2.12. The number of rotatable bonds is 8. The Bertz CT molecular complexity index is 523. The molecule has 2 atom stereocenters. The quantitative estimate of drug-likeness (QED) is 0.665. The number of amides is 2. The van der Waals surface area contributed by atoms with Crippen LogP contribution in [0, 0.1) is 11.7 Å². The number of nitrogens with one attached hydrogen (secondary N) is 3. The molecule has 2 amide bonds. The first-order valence-corrected chi connectivity index (χ1v) is 7.92. The Morgan fingerprint density at radius 3 is 2.21 bits per heavy atom. The zero-order valence-electron chi connectivity index (χ0n) is 14.6. The van der Waals surface area contributed by atoms with Crippen LogP contribution in [0.3, 0.4) is 0 Å². The number of hydrogen-bond acceptors (Lipinski definition) is 3. The van der Waals surface area contributed by atoms with Crippen molar-refractivity contribution in [1.82, 2.24) is 16.0 Å². The summed E-state index contributed by atoms with van der Waals surface area (Å²) in [6.07, 6.45) is 0. The SMILES string of the molecule is CCN[C@H](C)CNC(=O)C(NC(=O)c1ccc(F)cc1)C(C)C.Cl. The third-order valence-electron chi connectivity index (χ3n) is 3.48. The molecule has 0 bridgehead atoms. The van der Waals surface area contributed by atoms with E-state index in [1.54, 1.807) is 0 Å². The largest absolute Gasteiger partial charge is 0.353 e. The van der Waals surface area contributed by atoms with Crippen molar-refractivity contribution in [3.8, 4) is 0 Å². The summed E-state index contributed by atoms with van der Waals surface area (Å²) in [5.41, 5.74) is 0.325. The van der Waals surface area contributed by atoms with E-state index in [1.807, 2.05) is 27.7 Å². The van der Waals surface area contributed by atoms with Gasteiger partial charge in [0.25, 0.3) is 5.91 Å². The van der Waals surface area contributed by atoms with E-state index in [0.717, 1.165) is 6.54 Å². The molecule has 3 N–H and O–H groups in total. The van der Waals surface area contributed by atoms with E-state index in [4.69, 9.17) is 0 Å². The van der Waals surface area contributed by atoms with Crippen LogP contribution in [-0.4, -0.2) is 37.0 Å². The van der Waals surface area contributed by atoms with Crippen LogP contribution in [0.25, 0.3) is 0 Å². The van der Waals surface area contributed by atoms with Crippen LogP contribution < -0.4 is 16.0 Å². The minimum absolute atomic E-state index is 0. The molecule has 7 heteroatoms. The van der Waals surface area contributed by atoms with Crippen molar-refractivity contribution in [3.63, 3.8) is 0 Å². The van der Waals surface area contributed by atoms with E-state index in [9.17, 15) is 14.0 Å². The molecule has 0 fully saturated rings. The number of benzene rings is 1. The summed E-state index contributed by atoms with van der Waals surface area (Å²) in [6, 6.07) is 4.75. The molecule has 5 nitrogen and oxygen atoms in total. The third kappa shape index (κ3) is 7.27. The Morgan fingerprint density at radius 2 is 1.71 bits per heavy atom. The van der Waals surface area contributed by atoms with Gasteiger partial charge in [-0.1, -0.05) is 20.8 Å². The Labute approximate surface area is 149 Å². The molecule has 0 aliphatic rings. The minimum Gasteiger partial charge on any atom is -0.353 e. The van der Waals surface area contributed by atoms with Crippen molar-refractivity contribution in [1.29, 1.82) is 0 Å². The topological polar surface area (TPSA) is 70.2 Å². The molecule has 0 saturated carbocycles. The number of likely N-dealkylation sites (N-methyl/N-ethyl adjacent to an activating group) is 1. The van der Waals surface area contributed by atoms with Gasteiger partial charge in [0.2, 0.25) is 5.91 Å². The maximum atomic E-state index is 12.9. The van der Waals surface area contributed by atoms with E-state index in [1.165, 1.54) is 24.3 Å². The summed E-state index contributed by atoms with van der Waals surface area (Å²) >= 11 is 0. The molecular formula is C17H27ClFN3O2. The van der Waals surface area contributed by atoms with Gasteiger partial charge in [0, 0.05) is 18.2 Å². The summed E-state index contributed by atoms with van der Waals surface area (Å²) in [6.45, 7) is 9.02. The predicted molar refractivity (Wildman–Crippen MR) is 95.9 cm³/mol. The molecule has 0 saturated heterocycles. The van der Waals surface area contributed by atoms with E-state index < -0.39 is 17.8 Å². The zero-order chi connectivity index (χ0) is 17.4. The highest BCUT2D eigenvalue weighted by atomic mass is 35.5. The fourth-order valence-corrected chi connectivity index (χ4v) is 2.15. The van der Waals surface area contributed by atoms with Crippen LogP contribution in [0.4, 0.5) is 4.39 Å². The first-order chi connectivity index (χ1) is 10.8. The van der Waals surface area contributed by atoms with Crippen LogP contribution in [0.2, 0.25) is 0 Å². The molecule has 0 aliphatic heterocycles. The second-order valence-corrected chi connectivity index (χ2v) is 5.91. The zero-order valence-corrected chi connectivity index (χ0v) is 15.4. The Morgan fingerprint density at radius 1 is 1.12 bits per heavy atom. The molecule has 0 spiro atoms. The Kier molecular flexibility index (Phi) is 10.2. The molecule has 0 aliphatic carbocycles. The lowest BCUT2D eigenvalue weighted by Crippen LogP contribution is -2.51. The van der Waals surface area contributed by atoms with Gasteiger partial charge in [-0.25, -0.2) is 4.39 Å². The fraction of sp³-hybridized carbons (Fsp3) is 0.529. The van der Waals surface area contributed by atoms with Crippen molar-refractivity contribution < 1.29 is 14.0 Å². The monoisotopic (exact) mass is 359 g/mol. The molecule has 1 aromatic rings. The maximum Gasteiger partial charge on any atom is 0.251 e. The Balaban J connectivity index is 0.00000529. The van der Waals surface area contributed by atoms with Crippen LogP contribution in [0.5, 0.6) is 0 Å². The van der Waals surface area contributed by atoms with E-state index in [-0.39, 0.29) is 30.3 Å². The van der Waals surface area contributed by atoms with Gasteiger partial charge in [-0.05, 0) is 43.7 Å². The van der Waals surface area contributed by atoms with E-state index in [0.29, 0.717) is 12.1 Å². The first kappa shape index (κ1) is 22.3. The van der Waals surface area contributed by atoms with Gasteiger partial charge in [-0.2, -0.15) is 0 Å². The number of carbonyl (C=O) groups is 2. The van der Waals surface area contributed by atoms with Gasteiger partial charge in [-0.3, -0.25) is 9.59 Å². The summed E-state index contributed by atoms with van der Waals surface area (Å²) < 4.78 is 12.9. The number of halogens is 2. The molecule has 136 valence electrons. The molecule has 1 rings (SSSR count). The first-order valence-electron chi connectivity index (χ1n) is 7.92. The fourth-order valence-electron chi connectivity index (χ4n) is 2.15. The normalized spacial score (nSPS) is 12.9. The van der Waals surface area contributed by atoms with Crippen molar-refractivity contribution in [3.05, 3.63) is 35.6 Å². The molecule has 1 unspecified atom stereocenters. The van der Waals surface area contributed by atoms with Gasteiger partial charge in [0.15, 0.2) is 0 Å². The van der Waals surface area contributed by atoms with Gasteiger partial charge in [0.05, 0.1) is 0 Å². The summed E-state index contributed by atoms with van der Waals surface area (Å²) in [5.74, 6) is -1.08. The highest BCUT2D eigenvalue weighted by molar-refractivity contribution is 5.97. The van der Waals surface area contributed by atoms with Crippen molar-refractivity contribution in [2.45, 2.75) is 39.8 Å². The molecule has 0 heterocycles. The van der Waals surface area contributed by atoms with Gasteiger partial charge in [0.1, 0.15) is 11.9 Å². The second kappa shape index (κ2) is 11.0. The summed E-state index contributed by atoms with van der Waals surface area (Å²) in [7, 11) is 0. The average molecular weight is 360 g/mol. The second-order valence-electron chi connectivity index (χ2n) is 5.91. The maximum absolute atomic E-state index is 12.9. The molecule has 1 aromatic carbocycles. The van der Waals surface area contributed by atoms with Crippen LogP contribution in [0.15, 0.2) is 24.3 Å². The van der Waals surface area contributed by atoms with Crippen molar-refractivity contribution in [2.75, 3.05) is 13.1 Å². The smallest absolute Gasteiger partial charge is 0.251 e. The summed E-state index contributed by atoms with van der Waals surface area (Å²) in [5, 5.41) is 8.76. The average Bonchev–Trinajstić information content (AvgIpc) is 2.50. The lowest BCUT2D eigenvalue weighted by atomic mass is 10.0. The molecular weight excluding hydrogens is 333 g/mol. The molecule has 24 heavy (non-hydrogen) atoms. The van der Waals surface area contributed by atoms with Gasteiger partial charge >= 0.3 is 0 Å². The van der Waals surface area contributed by atoms with Gasteiger partial charge < -0.3 is 16.0 Å². The number of carbonyl (C=O) groups excluding carboxylic acids is 2. The van der Waals surface area contributed by atoms with Crippen molar-refractivity contribution in [2.24, 2.45) is 5.92 Å². The highest BCUT2D eigenvalue weighted by Crippen LogP contribution is 2.06. The third-order valence-corrected chi connectivity index (χ3v) is 3.48. The lowest BCUT2D eigenvalue weighted by Gasteiger charge is -2.23. The van der Waals surface area contributed by atoms with Crippen LogP contribution >= 0.6 is 12.4 Å². The van der Waals surface area contributed by atoms with Gasteiger partial charge in [-0.15, -0.1) is 12.4 Å². The lowest BCUT2D eigenvalue weighted by molar-refractivity contribution is -0.124. The van der Waals surface area contributed by atoms with E-state index >= 15 is 0 Å². The number of hydrogen-bond donors (Lipinski definition) is 3.